The maximum Gasteiger partial charge on any atom is 0.257 e. The molecule has 0 bridgehead atoms. The Hall–Kier alpha value is -4.80. The Morgan fingerprint density at radius 3 is 2.56 bits per heavy atom. The zero-order valence-electron chi connectivity index (χ0n) is 26.0. The molecule has 0 unspecified atom stereocenters. The fourth-order valence-corrected chi connectivity index (χ4v) is 8.44. The standard InChI is InChI=1S/C35H32F2N6O4S/c36-35(37)6-9-41(10-7-35)11-12-42-13-14-47-32-18-22(1-4-28(32)34(42)44)25-16-29-30(21-40-33(29)39-20-25)23-15-24(19-38)27-5-8-43(31(27)17-23)48(45,46)26-2-3-26/h1,4-5,8,15-18,20-21,26H,2-3,6-7,9-14H2,(H,39,40). The summed E-state index contributed by atoms with van der Waals surface area (Å²) in [4.78, 5) is 25.0. The molecule has 10 nitrogen and oxygen atoms in total. The van der Waals surface area contributed by atoms with Crippen molar-refractivity contribution < 1.29 is 26.7 Å². The number of piperidine rings is 1. The van der Waals surface area contributed by atoms with Gasteiger partial charge in [-0.05, 0) is 60.4 Å². The van der Waals surface area contributed by atoms with Crippen LogP contribution in [0.1, 0.15) is 41.6 Å². The summed E-state index contributed by atoms with van der Waals surface area (Å²) in [7, 11) is -3.55. The van der Waals surface area contributed by atoms with E-state index in [4.69, 9.17) is 4.74 Å². The van der Waals surface area contributed by atoms with Gasteiger partial charge in [-0.3, -0.25) is 4.79 Å². The monoisotopic (exact) mass is 670 g/mol. The van der Waals surface area contributed by atoms with Crippen LogP contribution in [0, 0.1) is 11.3 Å². The molecule has 0 radical (unpaired) electrons. The molecule has 48 heavy (non-hydrogen) atoms. The second-order valence-corrected chi connectivity index (χ2v) is 14.9. The molecular weight excluding hydrogens is 638 g/mol. The highest BCUT2D eigenvalue weighted by Gasteiger charge is 2.38. The van der Waals surface area contributed by atoms with E-state index in [-0.39, 0.29) is 18.7 Å². The van der Waals surface area contributed by atoms with Crippen LogP contribution in [0.2, 0.25) is 0 Å². The lowest BCUT2D eigenvalue weighted by Crippen LogP contribution is -2.44. The minimum Gasteiger partial charge on any atom is -0.491 e. The number of pyridine rings is 1. The lowest BCUT2D eigenvalue weighted by Gasteiger charge is -2.33. The van der Waals surface area contributed by atoms with Crippen molar-refractivity contribution in [3.63, 3.8) is 0 Å². The summed E-state index contributed by atoms with van der Waals surface area (Å²) in [6.45, 7) is 2.30. The van der Waals surface area contributed by atoms with Gasteiger partial charge < -0.3 is 19.5 Å². The van der Waals surface area contributed by atoms with Crippen LogP contribution in [0.25, 0.3) is 44.2 Å². The van der Waals surface area contributed by atoms with E-state index in [1.54, 1.807) is 41.6 Å². The summed E-state index contributed by atoms with van der Waals surface area (Å²) in [5.41, 5.74) is 4.95. The molecule has 246 valence electrons. The van der Waals surface area contributed by atoms with Gasteiger partial charge in [0.1, 0.15) is 18.0 Å². The Labute approximate surface area is 275 Å². The number of benzene rings is 2. The number of carbonyl (C=O) groups is 1. The van der Waals surface area contributed by atoms with Gasteiger partial charge in [0.25, 0.3) is 11.8 Å². The molecule has 1 amide bonds. The molecule has 13 heteroatoms. The zero-order chi connectivity index (χ0) is 33.2. The number of aromatic amines is 1. The van der Waals surface area contributed by atoms with Gasteiger partial charge in [0.2, 0.25) is 10.0 Å². The molecule has 1 N–H and O–H groups in total. The molecule has 1 saturated carbocycles. The summed E-state index contributed by atoms with van der Waals surface area (Å²) in [5, 5.41) is 10.9. The molecule has 8 rings (SSSR count). The van der Waals surface area contributed by atoms with E-state index < -0.39 is 21.2 Å². The smallest absolute Gasteiger partial charge is 0.257 e. The number of ether oxygens (including phenoxy) is 1. The minimum absolute atomic E-state index is 0.157. The molecule has 3 aromatic heterocycles. The molecule has 0 spiro atoms. The Morgan fingerprint density at radius 1 is 0.979 bits per heavy atom. The van der Waals surface area contributed by atoms with E-state index in [0.29, 0.717) is 91.2 Å². The molecular formula is C35H32F2N6O4S. The number of nitrogens with zero attached hydrogens (tertiary/aromatic N) is 5. The second kappa shape index (κ2) is 11.4. The van der Waals surface area contributed by atoms with Gasteiger partial charge in [-0.2, -0.15) is 5.26 Å². The maximum atomic E-state index is 13.6. The number of aromatic nitrogens is 3. The Bertz CT molecular complexity index is 2240. The van der Waals surface area contributed by atoms with Gasteiger partial charge in [-0.1, -0.05) is 6.07 Å². The predicted molar refractivity (Wildman–Crippen MR) is 177 cm³/mol. The molecule has 2 fully saturated rings. The average Bonchev–Trinajstić information content (AvgIpc) is 3.76. The van der Waals surface area contributed by atoms with Gasteiger partial charge in [0.15, 0.2) is 0 Å². The number of hydrogen-bond donors (Lipinski definition) is 1. The predicted octanol–water partition coefficient (Wildman–Crippen LogP) is 5.63. The first-order valence-electron chi connectivity index (χ1n) is 16.1. The van der Waals surface area contributed by atoms with Gasteiger partial charge in [0, 0.05) is 79.5 Å². The van der Waals surface area contributed by atoms with E-state index in [1.807, 2.05) is 23.1 Å². The maximum absolute atomic E-state index is 13.6. The third-order valence-electron chi connectivity index (χ3n) is 9.68. The van der Waals surface area contributed by atoms with Crippen LogP contribution in [-0.2, 0) is 10.0 Å². The summed E-state index contributed by atoms with van der Waals surface area (Å²) in [5.74, 6) is -2.30. The number of likely N-dealkylation sites (tertiary alicyclic amines) is 1. The highest BCUT2D eigenvalue weighted by molar-refractivity contribution is 7.91. The van der Waals surface area contributed by atoms with Crippen molar-refractivity contribution in [3.8, 4) is 34.1 Å². The van der Waals surface area contributed by atoms with Crippen molar-refractivity contribution >= 4 is 37.9 Å². The van der Waals surface area contributed by atoms with Crippen LogP contribution in [0.4, 0.5) is 8.78 Å². The number of alkyl halides is 2. The lowest BCUT2D eigenvalue weighted by molar-refractivity contribution is -0.0558. The first kappa shape index (κ1) is 30.5. The van der Waals surface area contributed by atoms with Gasteiger partial charge in [-0.15, -0.1) is 0 Å². The van der Waals surface area contributed by atoms with Crippen LogP contribution >= 0.6 is 0 Å². The van der Waals surface area contributed by atoms with Crippen molar-refractivity contribution in [2.24, 2.45) is 0 Å². The number of fused-ring (bicyclic) bond motifs is 3. The van der Waals surface area contributed by atoms with Crippen LogP contribution in [0.5, 0.6) is 5.75 Å². The van der Waals surface area contributed by atoms with Crippen molar-refractivity contribution in [1.82, 2.24) is 23.7 Å². The summed E-state index contributed by atoms with van der Waals surface area (Å²) < 4.78 is 60.8. The van der Waals surface area contributed by atoms with Crippen molar-refractivity contribution in [2.75, 3.05) is 39.3 Å². The number of H-pyrrole nitrogens is 1. The summed E-state index contributed by atoms with van der Waals surface area (Å²) >= 11 is 0. The highest BCUT2D eigenvalue weighted by Crippen LogP contribution is 2.38. The Kier molecular flexibility index (Phi) is 7.26. The molecule has 2 aromatic carbocycles. The SMILES string of the molecule is N#Cc1cc(-c2c[nH]c3ncc(-c4ccc5c(c4)OCCN(CCN4CCC(F)(F)CC4)C5=O)cc23)cc2c1ccn2S(=O)(=O)C1CC1. The van der Waals surface area contributed by atoms with Crippen molar-refractivity contribution in [3.05, 3.63) is 72.2 Å². The second-order valence-electron chi connectivity index (χ2n) is 12.8. The highest BCUT2D eigenvalue weighted by atomic mass is 32.2. The number of rotatable bonds is 7. The number of nitriles is 1. The van der Waals surface area contributed by atoms with Gasteiger partial charge in [0.05, 0.1) is 34.5 Å². The largest absolute Gasteiger partial charge is 0.491 e. The van der Waals surface area contributed by atoms with Gasteiger partial charge in [-0.25, -0.2) is 26.2 Å². The summed E-state index contributed by atoms with van der Waals surface area (Å²) in [6, 6.07) is 14.9. The number of nitrogens with one attached hydrogen (secondary N) is 1. The molecule has 1 saturated heterocycles. The lowest BCUT2D eigenvalue weighted by atomic mass is 9.98. The van der Waals surface area contributed by atoms with Crippen LogP contribution in [0.3, 0.4) is 0 Å². The number of amides is 1. The van der Waals surface area contributed by atoms with Gasteiger partial charge >= 0.3 is 0 Å². The Balaban J connectivity index is 1.08. The Morgan fingerprint density at radius 2 is 1.79 bits per heavy atom. The molecule has 3 aliphatic rings. The first-order chi connectivity index (χ1) is 23.1. The first-order valence-corrected chi connectivity index (χ1v) is 17.6. The molecule has 2 aliphatic heterocycles. The number of hydrogen-bond acceptors (Lipinski definition) is 7. The summed E-state index contributed by atoms with van der Waals surface area (Å²) in [6.07, 6.45) is 6.01. The van der Waals surface area contributed by atoms with E-state index in [1.165, 1.54) is 10.2 Å². The molecule has 0 atom stereocenters. The third kappa shape index (κ3) is 5.38. The average molecular weight is 671 g/mol. The number of carbonyl (C=O) groups excluding carboxylic acids is 1. The number of halogens is 2. The van der Waals surface area contributed by atoms with Crippen LogP contribution in [0.15, 0.2) is 61.1 Å². The van der Waals surface area contributed by atoms with E-state index >= 15 is 0 Å². The zero-order valence-corrected chi connectivity index (χ0v) is 26.8. The quantitative estimate of drug-likeness (QED) is 0.238. The normalized spacial score (nSPS) is 18.4. The van der Waals surface area contributed by atoms with E-state index in [2.05, 4.69) is 16.0 Å². The van der Waals surface area contributed by atoms with Crippen LogP contribution in [-0.4, -0.2) is 88.6 Å². The fraction of sp³-hybridized carbons (Fsp3) is 0.343. The van der Waals surface area contributed by atoms with Crippen molar-refractivity contribution in [1.29, 1.82) is 5.26 Å². The van der Waals surface area contributed by atoms with Crippen LogP contribution < -0.4 is 4.74 Å². The molecule has 5 aromatic rings. The molecule has 1 aliphatic carbocycles. The van der Waals surface area contributed by atoms with E-state index in [0.717, 1.165) is 22.1 Å². The van der Waals surface area contributed by atoms with E-state index in [9.17, 15) is 27.3 Å². The minimum atomic E-state index is -3.55. The third-order valence-corrected chi connectivity index (χ3v) is 11.9. The fourth-order valence-electron chi connectivity index (χ4n) is 6.73. The van der Waals surface area contributed by atoms with Crippen molar-refractivity contribution in [2.45, 2.75) is 36.9 Å². The molecule has 5 heterocycles. The topological polar surface area (TPSA) is 124 Å².